The highest BCUT2D eigenvalue weighted by Gasteiger charge is 2.34. The number of phenolic OH excluding ortho intramolecular Hbond substituents is 1. The Morgan fingerprint density at radius 3 is 2.55 bits per heavy atom. The molecule has 0 saturated heterocycles. The second kappa shape index (κ2) is 6.18. The Hall–Kier alpha value is -2.35. The van der Waals surface area contributed by atoms with Gasteiger partial charge in [0.25, 0.3) is 0 Å². The van der Waals surface area contributed by atoms with Crippen molar-refractivity contribution in [3.63, 3.8) is 0 Å². The van der Waals surface area contributed by atoms with Crippen molar-refractivity contribution in [1.82, 2.24) is 10.2 Å². The van der Waals surface area contributed by atoms with Crippen LogP contribution in [-0.2, 0) is 17.4 Å². The number of anilines is 1. The van der Waals surface area contributed by atoms with E-state index in [-0.39, 0.29) is 16.5 Å². The summed E-state index contributed by atoms with van der Waals surface area (Å²) in [7, 11) is 0. The molecule has 0 saturated carbocycles. The minimum absolute atomic E-state index is 0.0711. The molecular weight excluding hydrogens is 323 g/mol. The van der Waals surface area contributed by atoms with Gasteiger partial charge in [0.1, 0.15) is 5.75 Å². The summed E-state index contributed by atoms with van der Waals surface area (Å²) < 4.78 is 38.6. The molecule has 2 N–H and O–H groups in total. The van der Waals surface area contributed by atoms with Gasteiger partial charge in [-0.25, -0.2) is 0 Å². The highest BCUT2D eigenvalue weighted by molar-refractivity contribution is 6.29. The largest absolute Gasteiger partial charge is 0.508 e. The second-order valence-corrected chi connectivity index (χ2v) is 4.69. The van der Waals surface area contributed by atoms with Gasteiger partial charge in [0.15, 0.2) is 11.0 Å². The predicted octanol–water partition coefficient (Wildman–Crippen LogP) is 3.04. The number of aromatic hydroxyl groups is 1. The number of amides is 1. The van der Waals surface area contributed by atoms with Crippen LogP contribution in [0.2, 0.25) is 5.15 Å². The van der Waals surface area contributed by atoms with Crippen LogP contribution in [0.3, 0.4) is 0 Å². The van der Waals surface area contributed by atoms with Crippen LogP contribution in [0, 0.1) is 0 Å². The van der Waals surface area contributed by atoms with Crippen LogP contribution in [0.1, 0.15) is 11.1 Å². The van der Waals surface area contributed by atoms with E-state index >= 15 is 0 Å². The lowest BCUT2D eigenvalue weighted by molar-refractivity contribution is -0.138. The maximum atomic E-state index is 12.9. The third kappa shape index (κ3) is 4.08. The van der Waals surface area contributed by atoms with Crippen molar-refractivity contribution in [2.75, 3.05) is 5.32 Å². The molecule has 1 aromatic carbocycles. The lowest BCUT2D eigenvalue weighted by Gasteiger charge is -2.13. The predicted molar refractivity (Wildman–Crippen MR) is 72.5 cm³/mol. The van der Waals surface area contributed by atoms with Gasteiger partial charge in [-0.05, 0) is 29.8 Å². The number of phenols is 1. The van der Waals surface area contributed by atoms with Gasteiger partial charge in [0.2, 0.25) is 5.91 Å². The van der Waals surface area contributed by atoms with Crippen molar-refractivity contribution in [3.8, 4) is 5.75 Å². The molecule has 1 aromatic heterocycles. The fraction of sp³-hybridized carbons (Fsp3) is 0.154. The summed E-state index contributed by atoms with van der Waals surface area (Å²) >= 11 is 5.53. The number of rotatable bonds is 3. The van der Waals surface area contributed by atoms with Gasteiger partial charge in [-0.2, -0.15) is 13.2 Å². The molecule has 0 aliphatic heterocycles. The number of nitrogens with zero attached hydrogens (tertiary/aromatic N) is 2. The second-order valence-electron chi connectivity index (χ2n) is 4.31. The molecule has 116 valence electrons. The summed E-state index contributed by atoms with van der Waals surface area (Å²) in [5.74, 6) is -1.16. The molecule has 0 radical (unpaired) electrons. The average molecular weight is 332 g/mol. The first-order valence-electron chi connectivity index (χ1n) is 5.94. The molecule has 0 bridgehead atoms. The first kappa shape index (κ1) is 16.0. The van der Waals surface area contributed by atoms with Crippen molar-refractivity contribution in [2.45, 2.75) is 12.6 Å². The Kier molecular flexibility index (Phi) is 4.51. The van der Waals surface area contributed by atoms with E-state index in [1.165, 1.54) is 12.1 Å². The highest BCUT2D eigenvalue weighted by atomic mass is 35.5. The molecular formula is C13H9ClF3N3O2. The zero-order chi connectivity index (χ0) is 16.3. The first-order valence-corrected chi connectivity index (χ1v) is 6.31. The molecule has 1 amide bonds. The topological polar surface area (TPSA) is 75.1 Å². The normalized spacial score (nSPS) is 11.3. The monoisotopic (exact) mass is 331 g/mol. The van der Waals surface area contributed by atoms with Gasteiger partial charge in [0, 0.05) is 0 Å². The standard InChI is InChI=1S/C13H9ClF3N3O2/c14-10-3-4-11(20-19-10)18-12(22)5-7-1-2-8(21)6-9(7)13(15,16)17/h1-4,6,21H,5H2,(H,18,20,22). The minimum atomic E-state index is -4.67. The summed E-state index contributed by atoms with van der Waals surface area (Å²) in [6.07, 6.45) is -5.20. The van der Waals surface area contributed by atoms with Crippen LogP contribution in [-0.4, -0.2) is 21.2 Å². The van der Waals surface area contributed by atoms with E-state index in [1.807, 2.05) is 0 Å². The quantitative estimate of drug-likeness (QED) is 0.906. The van der Waals surface area contributed by atoms with Gasteiger partial charge >= 0.3 is 6.18 Å². The number of hydrogen-bond acceptors (Lipinski definition) is 4. The third-order valence-corrected chi connectivity index (χ3v) is 2.85. The Balaban J connectivity index is 2.16. The van der Waals surface area contributed by atoms with Gasteiger partial charge in [-0.15, -0.1) is 10.2 Å². The molecule has 0 atom stereocenters. The van der Waals surface area contributed by atoms with E-state index in [9.17, 15) is 18.0 Å². The maximum Gasteiger partial charge on any atom is 0.416 e. The summed E-state index contributed by atoms with van der Waals surface area (Å²) in [5.41, 5.74) is -1.32. The summed E-state index contributed by atoms with van der Waals surface area (Å²) in [4.78, 5) is 11.8. The number of aromatic nitrogens is 2. The van der Waals surface area contributed by atoms with Gasteiger partial charge in [0.05, 0.1) is 12.0 Å². The lowest BCUT2D eigenvalue weighted by Crippen LogP contribution is -2.18. The van der Waals surface area contributed by atoms with Crippen molar-refractivity contribution >= 4 is 23.3 Å². The smallest absolute Gasteiger partial charge is 0.416 e. The Morgan fingerprint density at radius 1 is 1.23 bits per heavy atom. The number of carbonyl (C=O) groups is 1. The fourth-order valence-corrected chi connectivity index (χ4v) is 1.83. The zero-order valence-corrected chi connectivity index (χ0v) is 11.6. The molecule has 0 unspecified atom stereocenters. The number of hydrogen-bond donors (Lipinski definition) is 2. The molecule has 0 fully saturated rings. The van der Waals surface area contributed by atoms with E-state index in [1.54, 1.807) is 0 Å². The van der Waals surface area contributed by atoms with Gasteiger partial charge < -0.3 is 10.4 Å². The molecule has 0 aliphatic carbocycles. The van der Waals surface area contributed by atoms with Crippen LogP contribution in [0.15, 0.2) is 30.3 Å². The maximum absolute atomic E-state index is 12.9. The van der Waals surface area contributed by atoms with Crippen molar-refractivity contribution in [2.24, 2.45) is 0 Å². The SMILES string of the molecule is O=C(Cc1ccc(O)cc1C(F)(F)F)Nc1ccc(Cl)nn1. The van der Waals surface area contributed by atoms with Gasteiger partial charge in [-0.3, -0.25) is 4.79 Å². The van der Waals surface area contributed by atoms with Crippen LogP contribution >= 0.6 is 11.6 Å². The Bertz CT molecular complexity index is 690. The van der Waals surface area contributed by atoms with Crippen LogP contribution in [0.4, 0.5) is 19.0 Å². The minimum Gasteiger partial charge on any atom is -0.508 e. The van der Waals surface area contributed by atoms with Crippen LogP contribution < -0.4 is 5.32 Å². The van der Waals surface area contributed by atoms with Crippen molar-refractivity contribution in [3.05, 3.63) is 46.6 Å². The number of carbonyl (C=O) groups excluding carboxylic acids is 1. The summed E-state index contributed by atoms with van der Waals surface area (Å²) in [5, 5.41) is 18.7. The first-order chi connectivity index (χ1) is 10.3. The van der Waals surface area contributed by atoms with E-state index in [0.29, 0.717) is 6.07 Å². The van der Waals surface area contributed by atoms with Crippen LogP contribution in [0.25, 0.3) is 0 Å². The third-order valence-electron chi connectivity index (χ3n) is 2.65. The number of nitrogens with one attached hydrogen (secondary N) is 1. The molecule has 9 heteroatoms. The van der Waals surface area contributed by atoms with E-state index in [0.717, 1.165) is 12.1 Å². The summed E-state index contributed by atoms with van der Waals surface area (Å²) in [6, 6.07) is 5.45. The number of benzene rings is 1. The van der Waals surface area contributed by atoms with E-state index in [2.05, 4.69) is 15.5 Å². The van der Waals surface area contributed by atoms with Crippen molar-refractivity contribution < 1.29 is 23.1 Å². The lowest BCUT2D eigenvalue weighted by atomic mass is 10.0. The average Bonchev–Trinajstić information content (AvgIpc) is 2.42. The molecule has 2 aromatic rings. The zero-order valence-electron chi connectivity index (χ0n) is 10.9. The molecule has 5 nitrogen and oxygen atoms in total. The van der Waals surface area contributed by atoms with Crippen LogP contribution in [0.5, 0.6) is 5.75 Å². The number of alkyl halides is 3. The Morgan fingerprint density at radius 2 is 1.95 bits per heavy atom. The highest BCUT2D eigenvalue weighted by Crippen LogP contribution is 2.34. The fourth-order valence-electron chi connectivity index (χ4n) is 1.73. The number of halogens is 4. The van der Waals surface area contributed by atoms with E-state index < -0.39 is 29.8 Å². The van der Waals surface area contributed by atoms with Crippen molar-refractivity contribution in [1.29, 1.82) is 0 Å². The Labute approximate surface area is 127 Å². The molecule has 0 spiro atoms. The molecule has 22 heavy (non-hydrogen) atoms. The summed E-state index contributed by atoms with van der Waals surface area (Å²) in [6.45, 7) is 0. The molecule has 0 aliphatic rings. The van der Waals surface area contributed by atoms with Gasteiger partial charge in [-0.1, -0.05) is 17.7 Å². The van der Waals surface area contributed by atoms with E-state index in [4.69, 9.17) is 16.7 Å². The molecule has 1 heterocycles. The molecule has 2 rings (SSSR count).